The summed E-state index contributed by atoms with van der Waals surface area (Å²) >= 11 is 3.50. The number of halogens is 1. The molecule has 108 valence electrons. The van der Waals surface area contributed by atoms with Gasteiger partial charge in [-0.3, -0.25) is 4.79 Å². The van der Waals surface area contributed by atoms with Gasteiger partial charge in [0.25, 0.3) is 0 Å². The summed E-state index contributed by atoms with van der Waals surface area (Å²) in [4.78, 5) is 11.7. The molecule has 0 aliphatic heterocycles. The highest BCUT2D eigenvalue weighted by Crippen LogP contribution is 2.30. The van der Waals surface area contributed by atoms with Crippen LogP contribution in [0.5, 0.6) is 0 Å². The fourth-order valence-corrected chi connectivity index (χ4v) is 2.36. The van der Waals surface area contributed by atoms with Crippen molar-refractivity contribution in [3.8, 4) is 0 Å². The zero-order chi connectivity index (χ0) is 14.8. The van der Waals surface area contributed by atoms with Crippen molar-refractivity contribution in [2.24, 2.45) is 5.92 Å². The average Bonchev–Trinajstić information content (AvgIpc) is 3.30. The molecular formula is C17H17BrN2O. The van der Waals surface area contributed by atoms with E-state index < -0.39 is 0 Å². The highest BCUT2D eigenvalue weighted by atomic mass is 79.9. The number of benzene rings is 2. The van der Waals surface area contributed by atoms with Crippen LogP contribution < -0.4 is 10.6 Å². The van der Waals surface area contributed by atoms with Crippen LogP contribution >= 0.6 is 15.9 Å². The van der Waals surface area contributed by atoms with E-state index in [2.05, 4.69) is 39.6 Å². The third-order valence-corrected chi connectivity index (χ3v) is 4.44. The Morgan fingerprint density at radius 2 is 1.67 bits per heavy atom. The van der Waals surface area contributed by atoms with E-state index in [4.69, 9.17) is 0 Å². The van der Waals surface area contributed by atoms with Gasteiger partial charge in [-0.1, -0.05) is 15.9 Å². The van der Waals surface area contributed by atoms with Crippen LogP contribution in [0.2, 0.25) is 0 Å². The van der Waals surface area contributed by atoms with Gasteiger partial charge < -0.3 is 10.6 Å². The molecule has 1 fully saturated rings. The highest BCUT2D eigenvalue weighted by molar-refractivity contribution is 9.10. The number of carbonyl (C=O) groups is 1. The fraction of sp³-hybridized carbons (Fsp3) is 0.235. The maximum Gasteiger partial charge on any atom is 0.227 e. The van der Waals surface area contributed by atoms with Gasteiger partial charge in [-0.15, -0.1) is 0 Å². The number of nitrogens with one attached hydrogen (secondary N) is 2. The lowest BCUT2D eigenvalue weighted by atomic mass is 10.2. The van der Waals surface area contributed by atoms with Gasteiger partial charge in [0.2, 0.25) is 5.91 Å². The summed E-state index contributed by atoms with van der Waals surface area (Å²) in [5, 5.41) is 6.29. The van der Waals surface area contributed by atoms with Crippen molar-refractivity contribution in [3.05, 3.63) is 52.5 Å². The number of amides is 1. The van der Waals surface area contributed by atoms with Gasteiger partial charge in [-0.2, -0.15) is 0 Å². The molecule has 1 saturated carbocycles. The quantitative estimate of drug-likeness (QED) is 0.832. The summed E-state index contributed by atoms with van der Waals surface area (Å²) in [6, 6.07) is 13.9. The summed E-state index contributed by atoms with van der Waals surface area (Å²) < 4.78 is 1.10. The smallest absolute Gasteiger partial charge is 0.227 e. The molecule has 1 aliphatic carbocycles. The van der Waals surface area contributed by atoms with Crippen LogP contribution in [0.3, 0.4) is 0 Å². The maximum absolute atomic E-state index is 11.7. The summed E-state index contributed by atoms with van der Waals surface area (Å²) in [7, 11) is 0. The topological polar surface area (TPSA) is 41.1 Å². The molecule has 0 radical (unpaired) electrons. The normalized spacial score (nSPS) is 13.8. The van der Waals surface area contributed by atoms with Gasteiger partial charge in [-0.25, -0.2) is 0 Å². The van der Waals surface area contributed by atoms with Crippen molar-refractivity contribution in [3.63, 3.8) is 0 Å². The van der Waals surface area contributed by atoms with Gasteiger partial charge in [-0.05, 0) is 67.8 Å². The zero-order valence-corrected chi connectivity index (χ0v) is 13.4. The third kappa shape index (κ3) is 3.64. The second kappa shape index (κ2) is 5.90. The van der Waals surface area contributed by atoms with Gasteiger partial charge in [0, 0.05) is 27.5 Å². The number of rotatable bonds is 4. The molecule has 0 atom stereocenters. The van der Waals surface area contributed by atoms with Crippen molar-refractivity contribution in [1.82, 2.24) is 0 Å². The second-order valence-electron chi connectivity index (χ2n) is 5.43. The largest absolute Gasteiger partial charge is 0.356 e. The lowest BCUT2D eigenvalue weighted by molar-refractivity contribution is -0.117. The Kier molecular flexibility index (Phi) is 3.97. The van der Waals surface area contributed by atoms with Crippen LogP contribution in [0.1, 0.15) is 18.4 Å². The molecular weight excluding hydrogens is 328 g/mol. The van der Waals surface area contributed by atoms with Crippen molar-refractivity contribution in [2.45, 2.75) is 19.8 Å². The first kappa shape index (κ1) is 14.1. The molecule has 0 saturated heterocycles. The van der Waals surface area contributed by atoms with E-state index in [1.807, 2.05) is 36.4 Å². The first-order valence-electron chi connectivity index (χ1n) is 7.06. The van der Waals surface area contributed by atoms with Crippen molar-refractivity contribution < 1.29 is 4.79 Å². The SMILES string of the molecule is Cc1cc(Nc2ccc(NC(=O)C3CC3)cc2)ccc1Br. The van der Waals surface area contributed by atoms with E-state index in [0.717, 1.165) is 34.4 Å². The van der Waals surface area contributed by atoms with E-state index in [-0.39, 0.29) is 11.8 Å². The lowest BCUT2D eigenvalue weighted by Crippen LogP contribution is -2.13. The van der Waals surface area contributed by atoms with Gasteiger partial charge in [0.15, 0.2) is 0 Å². The zero-order valence-electron chi connectivity index (χ0n) is 11.8. The van der Waals surface area contributed by atoms with E-state index in [1.54, 1.807) is 0 Å². The van der Waals surface area contributed by atoms with E-state index in [1.165, 1.54) is 5.56 Å². The monoisotopic (exact) mass is 344 g/mol. The molecule has 2 aromatic rings. The minimum atomic E-state index is 0.138. The van der Waals surface area contributed by atoms with Gasteiger partial charge >= 0.3 is 0 Å². The summed E-state index contributed by atoms with van der Waals surface area (Å²) in [6.45, 7) is 2.06. The molecule has 4 heteroatoms. The van der Waals surface area contributed by atoms with Crippen LogP contribution in [0.15, 0.2) is 46.9 Å². The van der Waals surface area contributed by atoms with Crippen molar-refractivity contribution >= 4 is 38.9 Å². The predicted octanol–water partition coefficient (Wildman–Crippen LogP) is 4.85. The van der Waals surface area contributed by atoms with Crippen LogP contribution in [-0.4, -0.2) is 5.91 Å². The Morgan fingerprint density at radius 1 is 1.05 bits per heavy atom. The fourth-order valence-electron chi connectivity index (χ4n) is 2.12. The lowest BCUT2D eigenvalue weighted by Gasteiger charge is -2.10. The molecule has 3 rings (SSSR count). The van der Waals surface area contributed by atoms with E-state index >= 15 is 0 Å². The molecule has 0 aromatic heterocycles. The van der Waals surface area contributed by atoms with Gasteiger partial charge in [0.1, 0.15) is 0 Å². The Labute approximate surface area is 132 Å². The van der Waals surface area contributed by atoms with Crippen LogP contribution in [0.25, 0.3) is 0 Å². The van der Waals surface area contributed by atoms with E-state index in [0.29, 0.717) is 0 Å². The molecule has 1 aliphatic rings. The van der Waals surface area contributed by atoms with E-state index in [9.17, 15) is 4.79 Å². The molecule has 1 amide bonds. The molecule has 21 heavy (non-hydrogen) atoms. The molecule has 0 spiro atoms. The number of hydrogen-bond donors (Lipinski definition) is 2. The highest BCUT2D eigenvalue weighted by Gasteiger charge is 2.29. The number of anilines is 3. The predicted molar refractivity (Wildman–Crippen MR) is 90.0 cm³/mol. The Bertz CT molecular complexity index is 663. The molecule has 2 N–H and O–H groups in total. The first-order chi connectivity index (χ1) is 10.1. The van der Waals surface area contributed by atoms with Crippen LogP contribution in [-0.2, 0) is 4.79 Å². The Balaban J connectivity index is 1.65. The Morgan fingerprint density at radius 3 is 2.29 bits per heavy atom. The van der Waals surface area contributed by atoms with Crippen molar-refractivity contribution in [1.29, 1.82) is 0 Å². The number of hydrogen-bond acceptors (Lipinski definition) is 2. The van der Waals surface area contributed by atoms with Crippen molar-refractivity contribution in [2.75, 3.05) is 10.6 Å². The minimum Gasteiger partial charge on any atom is -0.356 e. The molecule has 3 nitrogen and oxygen atoms in total. The first-order valence-corrected chi connectivity index (χ1v) is 7.85. The molecule has 0 bridgehead atoms. The standard InChI is InChI=1S/C17H17BrN2O/c1-11-10-15(8-9-16(11)18)19-13-4-6-14(7-5-13)20-17(21)12-2-3-12/h4-10,12,19H,2-3H2,1H3,(H,20,21). The summed E-state index contributed by atoms with van der Waals surface area (Å²) in [6.07, 6.45) is 2.04. The number of aryl methyl sites for hydroxylation is 1. The minimum absolute atomic E-state index is 0.138. The van der Waals surface area contributed by atoms with Crippen LogP contribution in [0, 0.1) is 12.8 Å². The summed E-state index contributed by atoms with van der Waals surface area (Å²) in [5.41, 5.74) is 4.09. The number of carbonyl (C=O) groups excluding carboxylic acids is 1. The molecule has 0 unspecified atom stereocenters. The average molecular weight is 345 g/mol. The second-order valence-corrected chi connectivity index (χ2v) is 6.28. The molecule has 0 heterocycles. The maximum atomic E-state index is 11.7. The molecule has 2 aromatic carbocycles. The van der Waals surface area contributed by atoms with Crippen LogP contribution in [0.4, 0.5) is 17.1 Å². The third-order valence-electron chi connectivity index (χ3n) is 3.55. The Hall–Kier alpha value is -1.81. The van der Waals surface area contributed by atoms with Gasteiger partial charge in [0.05, 0.1) is 0 Å². The summed E-state index contributed by atoms with van der Waals surface area (Å²) in [5.74, 6) is 0.368.